The number of fused-ring (bicyclic) bond motifs is 1. The Morgan fingerprint density at radius 2 is 1.88 bits per heavy atom. The highest BCUT2D eigenvalue weighted by atomic mass is 35.5. The van der Waals surface area contributed by atoms with E-state index in [1.54, 1.807) is 30.6 Å². The van der Waals surface area contributed by atoms with Crippen LogP contribution in [0, 0.1) is 17.1 Å². The summed E-state index contributed by atoms with van der Waals surface area (Å²) in [4.78, 5) is 15.7. The number of benzene rings is 1. The Morgan fingerprint density at radius 3 is 2.58 bits per heavy atom. The van der Waals surface area contributed by atoms with Crippen LogP contribution in [0.5, 0.6) is 0 Å². The van der Waals surface area contributed by atoms with Gasteiger partial charge in [0.05, 0.1) is 21.7 Å². The fourth-order valence-electron chi connectivity index (χ4n) is 2.74. The quantitative estimate of drug-likeness (QED) is 0.560. The van der Waals surface area contributed by atoms with Crippen molar-refractivity contribution in [1.82, 2.24) is 19.9 Å². The lowest BCUT2D eigenvalue weighted by atomic mass is 10.0. The fraction of sp³-hybridized carbons (Fsp3) is 0. The second kappa shape index (κ2) is 6.10. The van der Waals surface area contributed by atoms with Gasteiger partial charge < -0.3 is 10.7 Å². The number of nitrogens with two attached hydrogens (primary N) is 1. The Hall–Kier alpha value is -3.50. The van der Waals surface area contributed by atoms with E-state index in [1.165, 1.54) is 12.1 Å². The van der Waals surface area contributed by atoms with Crippen molar-refractivity contribution >= 4 is 28.6 Å². The van der Waals surface area contributed by atoms with Crippen LogP contribution < -0.4 is 5.73 Å². The molecule has 4 rings (SSSR count). The van der Waals surface area contributed by atoms with Crippen molar-refractivity contribution in [2.75, 3.05) is 5.73 Å². The number of halogens is 2. The monoisotopic (exact) mass is 364 g/mol. The minimum atomic E-state index is -0.515. The molecule has 6 nitrogen and oxygen atoms in total. The van der Waals surface area contributed by atoms with E-state index < -0.39 is 5.82 Å². The maximum atomic E-state index is 13.6. The van der Waals surface area contributed by atoms with Crippen LogP contribution in [0.4, 0.5) is 10.3 Å². The third-order valence-electron chi connectivity index (χ3n) is 3.93. The van der Waals surface area contributed by atoms with E-state index in [2.05, 4.69) is 19.9 Å². The Morgan fingerprint density at radius 1 is 1.12 bits per heavy atom. The van der Waals surface area contributed by atoms with Crippen LogP contribution >= 0.6 is 11.6 Å². The van der Waals surface area contributed by atoms with Crippen LogP contribution in [-0.4, -0.2) is 19.9 Å². The molecule has 0 unspecified atom stereocenters. The summed E-state index contributed by atoms with van der Waals surface area (Å²) in [5.74, 6) is -0.362. The van der Waals surface area contributed by atoms with E-state index in [0.717, 1.165) is 0 Å². The highest BCUT2D eigenvalue weighted by molar-refractivity contribution is 6.31. The van der Waals surface area contributed by atoms with Crippen LogP contribution in [0.3, 0.4) is 0 Å². The molecule has 4 aromatic rings. The molecule has 3 aromatic heterocycles. The summed E-state index contributed by atoms with van der Waals surface area (Å²) in [6.07, 6.45) is 3.15. The van der Waals surface area contributed by atoms with Gasteiger partial charge in [-0.1, -0.05) is 17.7 Å². The molecule has 0 saturated carbocycles. The summed E-state index contributed by atoms with van der Waals surface area (Å²) in [6.45, 7) is 0. The molecule has 0 aliphatic carbocycles. The first-order valence-electron chi connectivity index (χ1n) is 7.53. The van der Waals surface area contributed by atoms with Crippen molar-refractivity contribution in [3.8, 4) is 28.5 Å². The lowest BCUT2D eigenvalue weighted by Gasteiger charge is -2.06. The second-order valence-corrected chi connectivity index (χ2v) is 5.95. The molecule has 0 atom stereocenters. The Labute approximate surface area is 152 Å². The van der Waals surface area contributed by atoms with Gasteiger partial charge in [0.2, 0.25) is 5.95 Å². The number of nitrogens with one attached hydrogen (secondary N) is 1. The summed E-state index contributed by atoms with van der Waals surface area (Å²) in [5, 5.41) is 9.16. The van der Waals surface area contributed by atoms with Gasteiger partial charge in [0, 0.05) is 23.5 Å². The van der Waals surface area contributed by atoms with Gasteiger partial charge in [-0.2, -0.15) is 5.26 Å². The highest BCUT2D eigenvalue weighted by Gasteiger charge is 2.18. The molecule has 0 saturated heterocycles. The third kappa shape index (κ3) is 2.62. The smallest absolute Gasteiger partial charge is 0.219 e. The minimum Gasteiger partial charge on any atom is -0.368 e. The van der Waals surface area contributed by atoms with Gasteiger partial charge in [0.1, 0.15) is 17.6 Å². The zero-order valence-electron chi connectivity index (χ0n) is 13.2. The van der Waals surface area contributed by atoms with Crippen molar-refractivity contribution in [1.29, 1.82) is 5.26 Å². The number of aromatic amines is 1. The summed E-state index contributed by atoms with van der Waals surface area (Å²) >= 11 is 5.96. The molecule has 3 heterocycles. The summed E-state index contributed by atoms with van der Waals surface area (Å²) < 4.78 is 13.6. The van der Waals surface area contributed by atoms with Gasteiger partial charge in [-0.05, 0) is 29.8 Å². The molecule has 0 aliphatic heterocycles. The third-order valence-corrected chi connectivity index (χ3v) is 4.21. The first kappa shape index (κ1) is 16.0. The Balaban J connectivity index is 2.06. The topological polar surface area (TPSA) is 104 Å². The van der Waals surface area contributed by atoms with E-state index in [1.807, 2.05) is 6.07 Å². The molecule has 0 radical (unpaired) electrons. The van der Waals surface area contributed by atoms with E-state index in [9.17, 15) is 4.39 Å². The fourth-order valence-corrected chi connectivity index (χ4v) is 2.93. The SMILES string of the molecule is N#Cc1ccc2[nH]c(-c3cnc(N)nc3)c(-c3ccc(F)c(Cl)c3)c2n1. The lowest BCUT2D eigenvalue weighted by Crippen LogP contribution is -1.94. The van der Waals surface area contributed by atoms with E-state index >= 15 is 0 Å². The molecule has 0 amide bonds. The van der Waals surface area contributed by atoms with Gasteiger partial charge in [0.15, 0.2) is 0 Å². The number of nitrogens with zero attached hydrogens (tertiary/aromatic N) is 4. The molecule has 1 aromatic carbocycles. The number of H-pyrrole nitrogens is 1. The normalized spacial score (nSPS) is 10.8. The second-order valence-electron chi connectivity index (χ2n) is 5.54. The molecule has 3 N–H and O–H groups in total. The highest BCUT2D eigenvalue weighted by Crippen LogP contribution is 2.38. The zero-order chi connectivity index (χ0) is 18.3. The maximum absolute atomic E-state index is 13.6. The van der Waals surface area contributed by atoms with Crippen molar-refractivity contribution in [3.05, 3.63) is 59.3 Å². The van der Waals surface area contributed by atoms with Crippen molar-refractivity contribution in [3.63, 3.8) is 0 Å². The van der Waals surface area contributed by atoms with Crippen LogP contribution in [0.15, 0.2) is 42.7 Å². The van der Waals surface area contributed by atoms with E-state index in [4.69, 9.17) is 22.6 Å². The number of hydrogen-bond donors (Lipinski definition) is 2. The summed E-state index contributed by atoms with van der Waals surface area (Å²) in [5.41, 5.74) is 9.78. The number of hydrogen-bond acceptors (Lipinski definition) is 5. The predicted octanol–water partition coefficient (Wildman–Crippen LogP) is 3.93. The average Bonchev–Trinajstić information content (AvgIpc) is 3.03. The number of pyridine rings is 1. The van der Waals surface area contributed by atoms with E-state index in [0.29, 0.717) is 33.4 Å². The van der Waals surface area contributed by atoms with Crippen molar-refractivity contribution in [2.45, 2.75) is 0 Å². The van der Waals surface area contributed by atoms with Crippen LogP contribution in [0.1, 0.15) is 5.69 Å². The van der Waals surface area contributed by atoms with Crippen LogP contribution in [-0.2, 0) is 0 Å². The maximum Gasteiger partial charge on any atom is 0.219 e. The Bertz CT molecular complexity index is 1180. The molecule has 0 spiro atoms. The van der Waals surface area contributed by atoms with Gasteiger partial charge in [-0.25, -0.2) is 19.3 Å². The Kier molecular flexibility index (Phi) is 3.75. The van der Waals surface area contributed by atoms with Crippen molar-refractivity contribution < 1.29 is 4.39 Å². The molecule has 8 heteroatoms. The molecule has 0 bridgehead atoms. The van der Waals surface area contributed by atoms with Crippen LogP contribution in [0.2, 0.25) is 5.02 Å². The number of nitriles is 1. The molecule has 0 aliphatic rings. The molecule has 126 valence electrons. The van der Waals surface area contributed by atoms with Gasteiger partial charge in [0.25, 0.3) is 0 Å². The number of rotatable bonds is 2. The standard InChI is InChI=1S/C18H10ClFN6/c19-12-5-9(1-3-13(12)20)15-16(10-7-23-18(22)24-8-10)26-14-4-2-11(6-21)25-17(14)15/h1-5,7-8,26H,(H2,22,23,24). The van der Waals surface area contributed by atoms with E-state index in [-0.39, 0.29) is 16.7 Å². The average molecular weight is 365 g/mol. The largest absolute Gasteiger partial charge is 0.368 e. The molecule has 26 heavy (non-hydrogen) atoms. The first-order valence-corrected chi connectivity index (χ1v) is 7.91. The van der Waals surface area contributed by atoms with Gasteiger partial charge in [-0.3, -0.25) is 0 Å². The number of nitrogen functional groups attached to an aromatic ring is 1. The van der Waals surface area contributed by atoms with Gasteiger partial charge >= 0.3 is 0 Å². The first-order chi connectivity index (χ1) is 12.6. The van der Waals surface area contributed by atoms with Crippen LogP contribution in [0.25, 0.3) is 33.4 Å². The molecular formula is C18H10ClFN6. The minimum absolute atomic E-state index is 0.00667. The summed E-state index contributed by atoms with van der Waals surface area (Å²) in [6, 6.07) is 9.80. The summed E-state index contributed by atoms with van der Waals surface area (Å²) in [7, 11) is 0. The lowest BCUT2D eigenvalue weighted by molar-refractivity contribution is 0.628. The number of anilines is 1. The molecular weight excluding hydrogens is 355 g/mol. The molecule has 0 fully saturated rings. The zero-order valence-corrected chi connectivity index (χ0v) is 13.9. The van der Waals surface area contributed by atoms with Crippen molar-refractivity contribution in [2.24, 2.45) is 0 Å². The van der Waals surface area contributed by atoms with Gasteiger partial charge in [-0.15, -0.1) is 0 Å². The predicted molar refractivity (Wildman–Crippen MR) is 96.7 cm³/mol. The number of aromatic nitrogens is 4.